The smallest absolute Gasteiger partial charge is 0.197 e. The van der Waals surface area contributed by atoms with Crippen LogP contribution in [0.2, 0.25) is 0 Å². The molecule has 1 atom stereocenters. The molecule has 0 saturated carbocycles. The Balaban J connectivity index is 2.12. The Labute approximate surface area is 122 Å². The summed E-state index contributed by atoms with van der Waals surface area (Å²) in [5.41, 5.74) is 6.62. The Morgan fingerprint density at radius 2 is 2.35 bits per heavy atom. The minimum Gasteiger partial charge on any atom is -0.345 e. The number of carbonyl (C=O) groups excluding carboxylic acids is 1. The van der Waals surface area contributed by atoms with Gasteiger partial charge in [-0.25, -0.2) is 9.37 Å². The number of nitrogens with two attached hydrogens (primary N) is 1. The molecule has 0 fully saturated rings. The third-order valence-electron chi connectivity index (χ3n) is 3.24. The van der Waals surface area contributed by atoms with Crippen LogP contribution in [0.25, 0.3) is 11.0 Å². The van der Waals surface area contributed by atoms with E-state index in [1.54, 1.807) is 24.5 Å². The van der Waals surface area contributed by atoms with Gasteiger partial charge < -0.3 is 10.7 Å². The highest BCUT2D eigenvalue weighted by molar-refractivity contribution is 9.10. The number of nitrogens with one attached hydrogen (secondary N) is 1. The predicted molar refractivity (Wildman–Crippen MR) is 78.0 cm³/mol. The van der Waals surface area contributed by atoms with Crippen LogP contribution in [0, 0.1) is 0 Å². The fourth-order valence-electron chi connectivity index (χ4n) is 2.21. The molecule has 0 spiro atoms. The summed E-state index contributed by atoms with van der Waals surface area (Å²) in [4.78, 5) is 19.5. The number of rotatable bonds is 2. The fourth-order valence-corrected chi connectivity index (χ4v) is 2.54. The van der Waals surface area contributed by atoms with E-state index in [1.807, 2.05) is 0 Å². The van der Waals surface area contributed by atoms with Gasteiger partial charge in [-0.15, -0.1) is 0 Å². The van der Waals surface area contributed by atoms with Gasteiger partial charge in [-0.2, -0.15) is 0 Å². The van der Waals surface area contributed by atoms with Crippen molar-refractivity contribution in [3.05, 3.63) is 52.0 Å². The summed E-state index contributed by atoms with van der Waals surface area (Å²) in [6.45, 7) is 0. The lowest BCUT2D eigenvalue weighted by atomic mass is 9.95. The van der Waals surface area contributed by atoms with E-state index in [1.165, 1.54) is 6.08 Å². The van der Waals surface area contributed by atoms with Crippen molar-refractivity contribution in [1.29, 1.82) is 0 Å². The van der Waals surface area contributed by atoms with Gasteiger partial charge in [-0.05, 0) is 28.4 Å². The number of halogens is 2. The largest absolute Gasteiger partial charge is 0.345 e. The molecule has 0 amide bonds. The van der Waals surface area contributed by atoms with Crippen LogP contribution in [-0.4, -0.2) is 21.8 Å². The summed E-state index contributed by atoms with van der Waals surface area (Å²) >= 11 is 3.31. The molecule has 2 aromatic rings. The summed E-state index contributed by atoms with van der Waals surface area (Å²) < 4.78 is 14.8. The molecule has 4 nitrogen and oxygen atoms in total. The van der Waals surface area contributed by atoms with Crippen LogP contribution in [0.3, 0.4) is 0 Å². The monoisotopic (exact) mass is 335 g/mol. The highest BCUT2D eigenvalue weighted by atomic mass is 79.9. The standard InChI is InChI=1S/C14H11BrFN3O/c15-7-4-9-10(6-19-14(9)18-5-7)13(20)8-2-1-3-11(17)12(8)16/h1-2,4-6,11H,3,17H2,(H,18,19). The number of fused-ring (bicyclic) bond motifs is 1. The van der Waals surface area contributed by atoms with Gasteiger partial charge in [0.1, 0.15) is 11.5 Å². The molecule has 0 aliphatic heterocycles. The Morgan fingerprint density at radius 1 is 1.55 bits per heavy atom. The lowest BCUT2D eigenvalue weighted by Gasteiger charge is -2.14. The van der Waals surface area contributed by atoms with Crippen molar-refractivity contribution in [2.75, 3.05) is 0 Å². The first-order valence-corrected chi connectivity index (χ1v) is 6.86. The molecule has 3 rings (SSSR count). The van der Waals surface area contributed by atoms with Gasteiger partial charge in [0.25, 0.3) is 0 Å². The van der Waals surface area contributed by atoms with Crippen LogP contribution in [0.1, 0.15) is 16.8 Å². The van der Waals surface area contributed by atoms with E-state index in [0.717, 1.165) is 4.47 Å². The molecule has 2 heterocycles. The number of aromatic amines is 1. The van der Waals surface area contributed by atoms with Crippen LogP contribution in [0.5, 0.6) is 0 Å². The summed E-state index contributed by atoms with van der Waals surface area (Å²) in [7, 11) is 0. The quantitative estimate of drug-likeness (QED) is 0.828. The van der Waals surface area contributed by atoms with Gasteiger partial charge in [-0.1, -0.05) is 12.2 Å². The number of ketones is 1. The Bertz CT molecular complexity index is 763. The molecular formula is C14H11BrFN3O. The highest BCUT2D eigenvalue weighted by Gasteiger charge is 2.24. The summed E-state index contributed by atoms with van der Waals surface area (Å²) in [5.74, 6) is -0.949. The zero-order valence-electron chi connectivity index (χ0n) is 10.4. The lowest BCUT2D eigenvalue weighted by molar-refractivity contribution is 0.103. The zero-order chi connectivity index (χ0) is 14.3. The van der Waals surface area contributed by atoms with Crippen molar-refractivity contribution < 1.29 is 9.18 Å². The number of hydrogen-bond acceptors (Lipinski definition) is 3. The van der Waals surface area contributed by atoms with E-state index in [9.17, 15) is 9.18 Å². The SMILES string of the molecule is NC1CC=CC(C(=O)c2c[nH]c3ncc(Br)cc23)=C1F. The topological polar surface area (TPSA) is 71.8 Å². The zero-order valence-corrected chi connectivity index (χ0v) is 11.9. The molecule has 0 radical (unpaired) electrons. The van der Waals surface area contributed by atoms with E-state index < -0.39 is 11.9 Å². The van der Waals surface area contributed by atoms with Crippen LogP contribution >= 0.6 is 15.9 Å². The second-order valence-electron chi connectivity index (χ2n) is 4.59. The molecule has 0 aromatic carbocycles. The normalized spacial score (nSPS) is 18.9. The van der Waals surface area contributed by atoms with Crippen LogP contribution in [-0.2, 0) is 0 Å². The number of allylic oxidation sites excluding steroid dienone is 2. The van der Waals surface area contributed by atoms with Crippen molar-refractivity contribution in [3.8, 4) is 0 Å². The van der Waals surface area contributed by atoms with Crippen molar-refractivity contribution >= 4 is 32.7 Å². The van der Waals surface area contributed by atoms with Crippen molar-refractivity contribution in [2.24, 2.45) is 5.73 Å². The minimum atomic E-state index is -0.742. The molecule has 0 saturated heterocycles. The number of Topliss-reactive ketones (excluding diaryl/α,β-unsaturated/α-hetero) is 1. The first kappa shape index (κ1) is 13.2. The molecule has 1 aliphatic rings. The molecule has 0 bridgehead atoms. The first-order chi connectivity index (χ1) is 9.58. The first-order valence-electron chi connectivity index (χ1n) is 6.07. The van der Waals surface area contributed by atoms with E-state index in [0.29, 0.717) is 23.0 Å². The van der Waals surface area contributed by atoms with E-state index in [-0.39, 0.29) is 11.4 Å². The van der Waals surface area contributed by atoms with Gasteiger partial charge in [-0.3, -0.25) is 4.79 Å². The number of pyridine rings is 1. The molecular weight excluding hydrogens is 325 g/mol. The van der Waals surface area contributed by atoms with Gasteiger partial charge >= 0.3 is 0 Å². The van der Waals surface area contributed by atoms with E-state index in [4.69, 9.17) is 5.73 Å². The van der Waals surface area contributed by atoms with E-state index in [2.05, 4.69) is 25.9 Å². The molecule has 20 heavy (non-hydrogen) atoms. The van der Waals surface area contributed by atoms with Gasteiger partial charge in [0, 0.05) is 27.8 Å². The number of hydrogen-bond donors (Lipinski definition) is 2. The highest BCUT2D eigenvalue weighted by Crippen LogP contribution is 2.27. The van der Waals surface area contributed by atoms with Gasteiger partial charge in [0.15, 0.2) is 5.78 Å². The Morgan fingerprint density at radius 3 is 3.15 bits per heavy atom. The number of carbonyl (C=O) groups is 1. The maximum atomic E-state index is 14.0. The summed E-state index contributed by atoms with van der Waals surface area (Å²) in [6, 6.07) is 1.03. The Kier molecular flexibility index (Phi) is 3.27. The Hall–Kier alpha value is -1.79. The van der Waals surface area contributed by atoms with Crippen molar-refractivity contribution in [1.82, 2.24) is 9.97 Å². The maximum Gasteiger partial charge on any atom is 0.197 e. The van der Waals surface area contributed by atoms with Crippen LogP contribution < -0.4 is 5.73 Å². The van der Waals surface area contributed by atoms with Crippen LogP contribution in [0.4, 0.5) is 4.39 Å². The molecule has 1 unspecified atom stereocenters. The van der Waals surface area contributed by atoms with E-state index >= 15 is 0 Å². The molecule has 2 aromatic heterocycles. The average molecular weight is 336 g/mol. The predicted octanol–water partition coefficient (Wildman–Crippen LogP) is 3.02. The van der Waals surface area contributed by atoms with Gasteiger partial charge in [0.05, 0.1) is 11.6 Å². The number of nitrogens with zero attached hydrogens (tertiary/aromatic N) is 1. The molecule has 3 N–H and O–H groups in total. The maximum absolute atomic E-state index is 14.0. The second-order valence-corrected chi connectivity index (χ2v) is 5.50. The summed E-state index contributed by atoms with van der Waals surface area (Å²) in [5, 5.41) is 0.650. The van der Waals surface area contributed by atoms with Crippen molar-refractivity contribution in [2.45, 2.75) is 12.5 Å². The molecule has 102 valence electrons. The second kappa shape index (κ2) is 4.96. The average Bonchev–Trinajstić information content (AvgIpc) is 2.84. The van der Waals surface area contributed by atoms with Crippen molar-refractivity contribution in [3.63, 3.8) is 0 Å². The minimum absolute atomic E-state index is 0.0182. The molecule has 6 heteroatoms. The third kappa shape index (κ3) is 2.10. The number of H-pyrrole nitrogens is 1. The van der Waals surface area contributed by atoms with Gasteiger partial charge in [0.2, 0.25) is 0 Å². The number of aromatic nitrogens is 2. The third-order valence-corrected chi connectivity index (χ3v) is 3.68. The van der Waals surface area contributed by atoms with Crippen LogP contribution in [0.15, 0.2) is 46.5 Å². The summed E-state index contributed by atoms with van der Waals surface area (Å²) in [6.07, 6.45) is 6.78. The fraction of sp³-hybridized carbons (Fsp3) is 0.143. The lowest BCUT2D eigenvalue weighted by Crippen LogP contribution is -2.24. The molecule has 1 aliphatic carbocycles.